The molecule has 0 fully saturated rings. The van der Waals surface area contributed by atoms with Crippen molar-refractivity contribution in [2.75, 3.05) is 7.05 Å². The third-order valence-corrected chi connectivity index (χ3v) is 3.97. The second kappa shape index (κ2) is 6.02. The fraction of sp³-hybridized carbons (Fsp3) is 0.600. The lowest BCUT2D eigenvalue weighted by Crippen LogP contribution is -2.29. The second-order valence-corrected chi connectivity index (χ2v) is 5.49. The van der Waals surface area contributed by atoms with Crippen LogP contribution in [0.25, 0.3) is 0 Å². The predicted molar refractivity (Wildman–Crippen MR) is 63.9 cm³/mol. The summed E-state index contributed by atoms with van der Waals surface area (Å²) < 4.78 is 37.2. The van der Waals surface area contributed by atoms with Crippen LogP contribution >= 0.6 is 27.3 Å². The molecule has 1 N–H and O–H groups in total. The van der Waals surface area contributed by atoms with Crippen molar-refractivity contribution >= 4 is 27.3 Å². The van der Waals surface area contributed by atoms with Crippen molar-refractivity contribution in [3.05, 3.63) is 20.8 Å². The Balaban J connectivity index is 2.43. The van der Waals surface area contributed by atoms with Crippen molar-refractivity contribution in [2.45, 2.75) is 31.5 Å². The molecule has 0 aliphatic heterocycles. The Morgan fingerprint density at radius 3 is 2.62 bits per heavy atom. The predicted octanol–water partition coefficient (Wildman–Crippen LogP) is 3.98. The Bertz CT molecular complexity index is 324. The summed E-state index contributed by atoms with van der Waals surface area (Å²) in [7, 11) is 1.70. The molecule has 1 atom stereocenters. The second-order valence-electron chi connectivity index (χ2n) is 3.57. The zero-order valence-corrected chi connectivity index (χ0v) is 11.2. The molecule has 0 spiro atoms. The van der Waals surface area contributed by atoms with E-state index < -0.39 is 12.6 Å². The summed E-state index contributed by atoms with van der Waals surface area (Å²) in [5.74, 6) is 0. The van der Waals surface area contributed by atoms with Crippen molar-refractivity contribution in [3.63, 3.8) is 0 Å². The Labute approximate surface area is 105 Å². The van der Waals surface area contributed by atoms with Crippen LogP contribution in [-0.2, 0) is 6.42 Å². The molecule has 1 rings (SSSR count). The summed E-state index contributed by atoms with van der Waals surface area (Å²) in [5, 5.41) is 4.86. The van der Waals surface area contributed by atoms with Crippen LogP contribution in [-0.4, -0.2) is 19.3 Å². The van der Waals surface area contributed by atoms with Gasteiger partial charge in [0.05, 0.1) is 0 Å². The molecule has 6 heteroatoms. The first-order chi connectivity index (χ1) is 7.40. The van der Waals surface area contributed by atoms with Gasteiger partial charge in [-0.05, 0) is 41.9 Å². The number of hydrogen-bond donors (Lipinski definition) is 1. The van der Waals surface area contributed by atoms with Crippen LogP contribution in [0.3, 0.4) is 0 Å². The van der Waals surface area contributed by atoms with Crippen LogP contribution in [0.5, 0.6) is 0 Å². The molecule has 0 bridgehead atoms. The third kappa shape index (κ3) is 5.32. The number of halogens is 4. The van der Waals surface area contributed by atoms with Gasteiger partial charge >= 0.3 is 6.18 Å². The van der Waals surface area contributed by atoms with Gasteiger partial charge in [0.15, 0.2) is 0 Å². The van der Waals surface area contributed by atoms with E-state index in [1.165, 1.54) is 0 Å². The maximum Gasteiger partial charge on any atom is 0.389 e. The highest BCUT2D eigenvalue weighted by Gasteiger charge is 2.28. The molecule has 0 radical (unpaired) electrons. The molecule has 1 heterocycles. The summed E-state index contributed by atoms with van der Waals surface area (Å²) in [6.07, 6.45) is -4.03. The zero-order chi connectivity index (χ0) is 12.2. The molecule has 0 aliphatic carbocycles. The van der Waals surface area contributed by atoms with Gasteiger partial charge in [-0.1, -0.05) is 0 Å². The quantitative estimate of drug-likeness (QED) is 0.866. The van der Waals surface area contributed by atoms with E-state index in [9.17, 15) is 13.2 Å². The maximum absolute atomic E-state index is 12.1. The van der Waals surface area contributed by atoms with Crippen LogP contribution in [0.4, 0.5) is 13.2 Å². The normalized spacial score (nSPS) is 14.1. The van der Waals surface area contributed by atoms with Crippen LogP contribution in [0.15, 0.2) is 15.9 Å². The molecule has 1 unspecified atom stereocenters. The smallest absolute Gasteiger partial charge is 0.317 e. The first kappa shape index (κ1) is 14.0. The molecule has 16 heavy (non-hydrogen) atoms. The van der Waals surface area contributed by atoms with E-state index >= 15 is 0 Å². The van der Waals surface area contributed by atoms with Gasteiger partial charge < -0.3 is 5.32 Å². The van der Waals surface area contributed by atoms with Crippen molar-refractivity contribution in [3.8, 4) is 0 Å². The molecule has 0 amide bonds. The summed E-state index contributed by atoms with van der Waals surface area (Å²) in [4.78, 5) is 1.09. The third-order valence-electron chi connectivity index (χ3n) is 2.25. The topological polar surface area (TPSA) is 12.0 Å². The highest BCUT2D eigenvalue weighted by molar-refractivity contribution is 9.10. The minimum Gasteiger partial charge on any atom is -0.317 e. The van der Waals surface area contributed by atoms with Gasteiger partial charge in [0.2, 0.25) is 0 Å². The maximum atomic E-state index is 12.1. The van der Waals surface area contributed by atoms with Gasteiger partial charge in [-0.25, -0.2) is 0 Å². The van der Waals surface area contributed by atoms with Crippen LogP contribution in [0.2, 0.25) is 0 Å². The van der Waals surface area contributed by atoms with Gasteiger partial charge in [-0.2, -0.15) is 13.2 Å². The minimum atomic E-state index is -4.06. The molecule has 0 aliphatic rings. The SMILES string of the molecule is CNC(CCC(F)(F)F)Cc1cc(Br)cs1. The monoisotopic (exact) mass is 315 g/mol. The Morgan fingerprint density at radius 1 is 1.50 bits per heavy atom. The number of nitrogens with one attached hydrogen (secondary N) is 1. The fourth-order valence-electron chi connectivity index (χ4n) is 1.39. The average Bonchev–Trinajstić information content (AvgIpc) is 2.57. The molecule has 0 saturated carbocycles. The molecule has 1 aromatic heterocycles. The standard InChI is InChI=1S/C10H13BrF3NS/c1-15-8(2-3-10(12,13)14)5-9-4-7(11)6-16-9/h4,6,8,15H,2-3,5H2,1H3. The lowest BCUT2D eigenvalue weighted by Gasteiger charge is -2.16. The fourth-order valence-corrected chi connectivity index (χ4v) is 2.92. The van der Waals surface area contributed by atoms with E-state index in [0.717, 1.165) is 9.35 Å². The van der Waals surface area contributed by atoms with E-state index in [1.54, 1.807) is 18.4 Å². The summed E-state index contributed by atoms with van der Waals surface area (Å²) in [6, 6.07) is 1.83. The average molecular weight is 316 g/mol. The molecular weight excluding hydrogens is 303 g/mol. The van der Waals surface area contributed by atoms with E-state index in [4.69, 9.17) is 0 Å². The van der Waals surface area contributed by atoms with Gasteiger partial charge in [0.1, 0.15) is 0 Å². The zero-order valence-electron chi connectivity index (χ0n) is 8.77. The van der Waals surface area contributed by atoms with Crippen LogP contribution in [0, 0.1) is 0 Å². The van der Waals surface area contributed by atoms with Gasteiger partial charge in [0, 0.05) is 27.2 Å². The lowest BCUT2D eigenvalue weighted by molar-refractivity contribution is -0.136. The molecule has 0 saturated heterocycles. The van der Waals surface area contributed by atoms with Crippen LogP contribution in [0.1, 0.15) is 17.7 Å². The van der Waals surface area contributed by atoms with Crippen molar-refractivity contribution in [1.82, 2.24) is 5.32 Å². The number of likely N-dealkylation sites (N-methyl/N-ethyl adjacent to an activating group) is 1. The van der Waals surface area contributed by atoms with Crippen molar-refractivity contribution < 1.29 is 13.2 Å². The summed E-state index contributed by atoms with van der Waals surface area (Å²) >= 11 is 4.88. The van der Waals surface area contributed by atoms with E-state index in [2.05, 4.69) is 21.2 Å². The number of rotatable bonds is 5. The minimum absolute atomic E-state index is 0.118. The van der Waals surface area contributed by atoms with Crippen molar-refractivity contribution in [2.24, 2.45) is 0 Å². The highest BCUT2D eigenvalue weighted by atomic mass is 79.9. The Hall–Kier alpha value is -0.0700. The summed E-state index contributed by atoms with van der Waals surface area (Å²) in [6.45, 7) is 0. The largest absolute Gasteiger partial charge is 0.389 e. The van der Waals surface area contributed by atoms with Gasteiger partial charge in [-0.3, -0.25) is 0 Å². The van der Waals surface area contributed by atoms with Crippen molar-refractivity contribution in [1.29, 1.82) is 0 Å². The summed E-state index contributed by atoms with van der Waals surface area (Å²) in [5.41, 5.74) is 0. The number of hydrogen-bond acceptors (Lipinski definition) is 2. The molecule has 1 aromatic rings. The van der Waals surface area contributed by atoms with E-state index in [-0.39, 0.29) is 12.5 Å². The molecule has 0 aromatic carbocycles. The van der Waals surface area contributed by atoms with Gasteiger partial charge in [-0.15, -0.1) is 11.3 Å². The molecular formula is C10H13BrF3NS. The Kier molecular flexibility index (Phi) is 5.27. The first-order valence-electron chi connectivity index (χ1n) is 4.87. The first-order valence-corrected chi connectivity index (χ1v) is 6.55. The van der Waals surface area contributed by atoms with E-state index in [0.29, 0.717) is 6.42 Å². The lowest BCUT2D eigenvalue weighted by atomic mass is 10.1. The molecule has 92 valence electrons. The number of thiophene rings is 1. The Morgan fingerprint density at radius 2 is 2.19 bits per heavy atom. The van der Waals surface area contributed by atoms with E-state index in [1.807, 2.05) is 11.4 Å². The van der Waals surface area contributed by atoms with Gasteiger partial charge in [0.25, 0.3) is 0 Å². The van der Waals surface area contributed by atoms with Crippen LogP contribution < -0.4 is 5.32 Å². The highest BCUT2D eigenvalue weighted by Crippen LogP contribution is 2.25. The number of alkyl halides is 3. The molecule has 1 nitrogen and oxygen atoms in total.